The monoisotopic (exact) mass is 817 g/mol. The molecule has 294 valence electrons. The van der Waals surface area contributed by atoms with Gasteiger partial charge in [0, 0.05) is 16.7 Å². The highest BCUT2D eigenvalue weighted by atomic mass is 28.3. The van der Waals surface area contributed by atoms with E-state index >= 15 is 0 Å². The number of hydrogen-bond acceptors (Lipinski definition) is 3. The van der Waals surface area contributed by atoms with Gasteiger partial charge in [0.05, 0.1) is 0 Å². The van der Waals surface area contributed by atoms with Crippen LogP contribution < -0.4 is 20.7 Å². The van der Waals surface area contributed by atoms with Crippen molar-refractivity contribution in [2.75, 3.05) is 0 Å². The summed E-state index contributed by atoms with van der Waals surface area (Å²) in [6, 6.07) is 85.6. The predicted octanol–water partition coefficient (Wildman–Crippen LogP) is 11.9. The standard InChI is InChI=1S/C59H39N3Si/c1-4-15-40(16-5-1)46-20-14-21-48(38-46)58-60-57(44-30-27-42(28-31-44)47-32-29-41-17-10-11-19-45(41)37-47)61-59(62-58)49-34-35-53-54-36-33-43-18-12-13-26-52(43)56(54)63(55(53)39-49,50-22-6-2-7-23-50)51-24-8-3-9-25-51/h1-39H. The lowest BCUT2D eigenvalue weighted by atomic mass is 10.00. The summed E-state index contributed by atoms with van der Waals surface area (Å²) in [5.41, 5.74) is 9.98. The van der Waals surface area contributed by atoms with Gasteiger partial charge in [0.1, 0.15) is 0 Å². The van der Waals surface area contributed by atoms with Crippen LogP contribution in [0.1, 0.15) is 0 Å². The first-order valence-electron chi connectivity index (χ1n) is 21.5. The molecule has 0 fully saturated rings. The molecule has 0 unspecified atom stereocenters. The minimum absolute atomic E-state index is 0.634. The smallest absolute Gasteiger partial charge is 0.181 e. The van der Waals surface area contributed by atoms with Crippen molar-refractivity contribution in [2.24, 2.45) is 0 Å². The van der Waals surface area contributed by atoms with Gasteiger partial charge in [0.25, 0.3) is 0 Å². The molecule has 10 aromatic carbocycles. The molecule has 0 N–H and O–H groups in total. The van der Waals surface area contributed by atoms with Crippen molar-refractivity contribution in [1.82, 2.24) is 15.0 Å². The molecule has 1 aliphatic heterocycles. The Morgan fingerprint density at radius 3 is 1.44 bits per heavy atom. The lowest BCUT2D eigenvalue weighted by Gasteiger charge is -2.32. The van der Waals surface area contributed by atoms with Gasteiger partial charge in [-0.25, -0.2) is 15.0 Å². The summed E-state index contributed by atoms with van der Waals surface area (Å²) in [4.78, 5) is 15.9. The van der Waals surface area contributed by atoms with E-state index in [1.54, 1.807) is 0 Å². The molecule has 4 heteroatoms. The van der Waals surface area contributed by atoms with Gasteiger partial charge < -0.3 is 0 Å². The number of benzene rings is 10. The second-order valence-corrected chi connectivity index (χ2v) is 20.0. The van der Waals surface area contributed by atoms with Gasteiger partial charge in [0.2, 0.25) is 0 Å². The summed E-state index contributed by atoms with van der Waals surface area (Å²) < 4.78 is 0. The van der Waals surface area contributed by atoms with Gasteiger partial charge in [0.15, 0.2) is 25.5 Å². The minimum Gasteiger partial charge on any atom is -0.208 e. The molecule has 1 aromatic heterocycles. The summed E-state index contributed by atoms with van der Waals surface area (Å²) in [5.74, 6) is 1.91. The molecule has 0 bridgehead atoms. The molecule has 0 spiro atoms. The van der Waals surface area contributed by atoms with Crippen LogP contribution in [0, 0.1) is 0 Å². The highest BCUT2D eigenvalue weighted by Crippen LogP contribution is 2.36. The van der Waals surface area contributed by atoms with Crippen LogP contribution in [0.3, 0.4) is 0 Å². The molecule has 12 rings (SSSR count). The molecule has 11 aromatic rings. The average Bonchev–Trinajstić information content (AvgIpc) is 3.68. The van der Waals surface area contributed by atoms with Crippen molar-refractivity contribution in [2.45, 2.75) is 0 Å². The second kappa shape index (κ2) is 15.1. The topological polar surface area (TPSA) is 38.7 Å². The molecule has 0 amide bonds. The summed E-state index contributed by atoms with van der Waals surface area (Å²) >= 11 is 0. The van der Waals surface area contributed by atoms with Crippen molar-refractivity contribution >= 4 is 50.4 Å². The number of aromatic nitrogens is 3. The Morgan fingerprint density at radius 1 is 0.270 bits per heavy atom. The first-order chi connectivity index (χ1) is 31.2. The lowest BCUT2D eigenvalue weighted by Crippen LogP contribution is -2.73. The van der Waals surface area contributed by atoms with E-state index in [1.807, 2.05) is 6.07 Å². The SMILES string of the molecule is c1ccc(-c2cccc(-c3nc(-c4ccc(-c5ccc6ccccc6c5)cc4)nc(-c4ccc5c(c4)[Si](c4ccccc4)(c4ccccc4)c4c-5ccc5ccccc45)n3)c2)cc1. The summed E-state index contributed by atoms with van der Waals surface area (Å²) in [6.07, 6.45) is 0. The van der Waals surface area contributed by atoms with Crippen LogP contribution in [-0.2, 0) is 0 Å². The second-order valence-electron chi connectivity index (χ2n) is 16.3. The Morgan fingerprint density at radius 2 is 0.730 bits per heavy atom. The van der Waals surface area contributed by atoms with Crippen molar-refractivity contribution in [3.63, 3.8) is 0 Å². The molecule has 0 saturated carbocycles. The first kappa shape index (κ1) is 36.8. The lowest BCUT2D eigenvalue weighted by molar-refractivity contribution is 1.07. The Labute approximate surface area is 367 Å². The van der Waals surface area contributed by atoms with E-state index < -0.39 is 8.07 Å². The summed E-state index contributed by atoms with van der Waals surface area (Å²) in [5, 5.41) is 10.5. The third-order valence-corrected chi connectivity index (χ3v) is 17.7. The molecule has 1 aliphatic rings. The van der Waals surface area contributed by atoms with E-state index in [0.29, 0.717) is 17.5 Å². The quantitative estimate of drug-likeness (QED) is 0.150. The van der Waals surface area contributed by atoms with Crippen LogP contribution in [0.15, 0.2) is 237 Å². The molecule has 3 nitrogen and oxygen atoms in total. The summed E-state index contributed by atoms with van der Waals surface area (Å²) in [6.45, 7) is 0. The maximum atomic E-state index is 5.34. The Hall–Kier alpha value is -8.05. The Balaban J connectivity index is 1.06. The average molecular weight is 818 g/mol. The van der Waals surface area contributed by atoms with Gasteiger partial charge in [-0.05, 0) is 87.8 Å². The van der Waals surface area contributed by atoms with Gasteiger partial charge in [-0.1, -0.05) is 224 Å². The highest BCUT2D eigenvalue weighted by molar-refractivity contribution is 7.23. The van der Waals surface area contributed by atoms with Gasteiger partial charge in [-0.2, -0.15) is 0 Å². The van der Waals surface area contributed by atoms with Gasteiger partial charge in [-0.15, -0.1) is 0 Å². The number of fused-ring (bicyclic) bond motifs is 6. The molecule has 63 heavy (non-hydrogen) atoms. The number of hydrogen-bond donors (Lipinski definition) is 0. The maximum absolute atomic E-state index is 5.34. The third-order valence-electron chi connectivity index (χ3n) is 12.8. The van der Waals surface area contributed by atoms with Gasteiger partial charge >= 0.3 is 0 Å². The fourth-order valence-electron chi connectivity index (χ4n) is 9.82. The van der Waals surface area contributed by atoms with Crippen molar-refractivity contribution in [3.05, 3.63) is 237 Å². The Kier molecular flexibility index (Phi) is 8.84. The largest absolute Gasteiger partial charge is 0.208 e. The van der Waals surface area contributed by atoms with Crippen LogP contribution in [0.2, 0.25) is 0 Å². The number of nitrogens with zero attached hydrogens (tertiary/aromatic N) is 3. The van der Waals surface area contributed by atoms with E-state index in [4.69, 9.17) is 15.0 Å². The summed E-state index contributed by atoms with van der Waals surface area (Å²) in [7, 11) is -2.88. The zero-order chi connectivity index (χ0) is 41.7. The fraction of sp³-hybridized carbons (Fsp3) is 0. The van der Waals surface area contributed by atoms with Crippen LogP contribution in [0.4, 0.5) is 0 Å². The molecular weight excluding hydrogens is 779 g/mol. The van der Waals surface area contributed by atoms with Crippen LogP contribution in [0.5, 0.6) is 0 Å². The predicted molar refractivity (Wildman–Crippen MR) is 265 cm³/mol. The first-order valence-corrected chi connectivity index (χ1v) is 23.5. The third kappa shape index (κ3) is 6.22. The van der Waals surface area contributed by atoms with Crippen molar-refractivity contribution in [1.29, 1.82) is 0 Å². The van der Waals surface area contributed by atoms with E-state index in [-0.39, 0.29) is 0 Å². The van der Waals surface area contributed by atoms with E-state index in [2.05, 4.69) is 231 Å². The maximum Gasteiger partial charge on any atom is 0.181 e. The van der Waals surface area contributed by atoms with E-state index in [1.165, 1.54) is 59.0 Å². The molecule has 2 heterocycles. The molecular formula is C59H39N3Si. The van der Waals surface area contributed by atoms with E-state index in [0.717, 1.165) is 33.4 Å². The highest BCUT2D eigenvalue weighted by Gasteiger charge is 2.49. The molecule has 0 atom stereocenters. The van der Waals surface area contributed by atoms with E-state index in [9.17, 15) is 0 Å². The molecule has 0 aliphatic carbocycles. The minimum atomic E-state index is -2.88. The van der Waals surface area contributed by atoms with Crippen LogP contribution in [-0.4, -0.2) is 23.0 Å². The van der Waals surface area contributed by atoms with Gasteiger partial charge in [-0.3, -0.25) is 0 Å². The zero-order valence-electron chi connectivity index (χ0n) is 34.4. The van der Waals surface area contributed by atoms with Crippen LogP contribution >= 0.6 is 0 Å². The number of rotatable bonds is 7. The fourth-order valence-corrected chi connectivity index (χ4v) is 15.3. The molecule has 0 radical (unpaired) electrons. The Bertz CT molecular complexity index is 3460. The van der Waals surface area contributed by atoms with Crippen molar-refractivity contribution < 1.29 is 0 Å². The van der Waals surface area contributed by atoms with Crippen LogP contribution in [0.25, 0.3) is 89.1 Å². The van der Waals surface area contributed by atoms with Crippen molar-refractivity contribution in [3.8, 4) is 67.5 Å². The normalized spacial score (nSPS) is 12.6. The zero-order valence-corrected chi connectivity index (χ0v) is 35.4. The molecule has 0 saturated heterocycles.